The normalized spacial score (nSPS) is 11.5. The van der Waals surface area contributed by atoms with E-state index in [1.165, 1.54) is 18.6 Å². The third kappa shape index (κ3) is 7.35. The SMILES string of the molecule is CCOC(=O)CN(CCCS(C)(=O)=O)c1cccc(COc2ccc(-c3cc(F)c(F)c4ccoc34)cc2)c1. The molecule has 0 N–H and O–H groups in total. The lowest BCUT2D eigenvalue weighted by atomic mass is 10.0. The third-order valence-corrected chi connectivity index (χ3v) is 7.07. The summed E-state index contributed by atoms with van der Waals surface area (Å²) in [6.07, 6.45) is 2.87. The Morgan fingerprint density at radius 1 is 1.05 bits per heavy atom. The van der Waals surface area contributed by atoms with Crippen LogP contribution in [-0.2, 0) is 26.0 Å². The van der Waals surface area contributed by atoms with E-state index in [9.17, 15) is 22.0 Å². The molecular weight excluding hydrogens is 528 g/mol. The predicted molar refractivity (Wildman–Crippen MR) is 146 cm³/mol. The van der Waals surface area contributed by atoms with Crippen LogP contribution in [-0.4, -0.2) is 46.1 Å². The Kier molecular flexibility index (Phi) is 8.86. The molecule has 0 saturated carbocycles. The molecule has 0 amide bonds. The zero-order valence-corrected chi connectivity index (χ0v) is 22.5. The van der Waals surface area contributed by atoms with Crippen LogP contribution in [0.4, 0.5) is 14.5 Å². The molecule has 4 aromatic rings. The van der Waals surface area contributed by atoms with Gasteiger partial charge in [-0.2, -0.15) is 0 Å². The first-order valence-corrected chi connectivity index (χ1v) is 14.5. The van der Waals surface area contributed by atoms with E-state index < -0.39 is 27.4 Å². The molecule has 0 unspecified atom stereocenters. The first kappa shape index (κ1) is 28.1. The van der Waals surface area contributed by atoms with Crippen LogP contribution in [0.5, 0.6) is 5.75 Å². The molecule has 206 valence electrons. The molecule has 0 aliphatic carbocycles. The van der Waals surface area contributed by atoms with Crippen LogP contribution in [0.25, 0.3) is 22.1 Å². The minimum atomic E-state index is -3.12. The van der Waals surface area contributed by atoms with Gasteiger partial charge in [-0.05, 0) is 60.9 Å². The molecule has 39 heavy (non-hydrogen) atoms. The second-order valence-corrected chi connectivity index (χ2v) is 11.3. The molecule has 0 saturated heterocycles. The maximum Gasteiger partial charge on any atom is 0.325 e. The second kappa shape index (κ2) is 12.3. The number of furan rings is 1. The van der Waals surface area contributed by atoms with Crippen LogP contribution in [0.15, 0.2) is 71.3 Å². The van der Waals surface area contributed by atoms with E-state index in [1.54, 1.807) is 36.1 Å². The van der Waals surface area contributed by atoms with Crippen molar-refractivity contribution in [3.63, 3.8) is 0 Å². The quantitative estimate of drug-likeness (QED) is 0.205. The van der Waals surface area contributed by atoms with Gasteiger partial charge in [-0.1, -0.05) is 24.3 Å². The summed E-state index contributed by atoms with van der Waals surface area (Å²) in [5.41, 5.74) is 2.93. The van der Waals surface area contributed by atoms with Crippen molar-refractivity contribution in [2.45, 2.75) is 20.0 Å². The van der Waals surface area contributed by atoms with Crippen LogP contribution >= 0.6 is 0 Å². The fraction of sp³-hybridized carbons (Fsp3) is 0.276. The first-order chi connectivity index (χ1) is 18.6. The number of ether oxygens (including phenoxy) is 2. The average Bonchev–Trinajstić information content (AvgIpc) is 3.39. The van der Waals surface area contributed by atoms with Gasteiger partial charge in [-0.3, -0.25) is 4.79 Å². The molecule has 4 rings (SSSR count). The summed E-state index contributed by atoms with van der Waals surface area (Å²) < 4.78 is 67.6. The molecule has 0 spiro atoms. The fourth-order valence-electron chi connectivity index (χ4n) is 4.21. The minimum absolute atomic E-state index is 0.00368. The molecule has 0 aliphatic heterocycles. The summed E-state index contributed by atoms with van der Waals surface area (Å²) in [6, 6.07) is 16.9. The smallest absolute Gasteiger partial charge is 0.325 e. The number of anilines is 1. The topological polar surface area (TPSA) is 86.0 Å². The highest BCUT2D eigenvalue weighted by molar-refractivity contribution is 7.90. The van der Waals surface area contributed by atoms with Crippen LogP contribution in [0.1, 0.15) is 18.9 Å². The Morgan fingerprint density at radius 3 is 2.54 bits per heavy atom. The summed E-state index contributed by atoms with van der Waals surface area (Å²) in [4.78, 5) is 13.9. The summed E-state index contributed by atoms with van der Waals surface area (Å²) in [5.74, 6) is -1.71. The van der Waals surface area contributed by atoms with Crippen molar-refractivity contribution in [3.8, 4) is 16.9 Å². The van der Waals surface area contributed by atoms with Crippen molar-refractivity contribution in [1.82, 2.24) is 0 Å². The summed E-state index contributed by atoms with van der Waals surface area (Å²) in [5, 5.41) is 0.0820. The fourth-order valence-corrected chi connectivity index (χ4v) is 4.86. The Morgan fingerprint density at radius 2 is 1.82 bits per heavy atom. The summed E-state index contributed by atoms with van der Waals surface area (Å²) in [7, 11) is -3.12. The number of carbonyl (C=O) groups is 1. The van der Waals surface area contributed by atoms with Gasteiger partial charge in [0.25, 0.3) is 0 Å². The maximum atomic E-state index is 14.1. The van der Waals surface area contributed by atoms with Gasteiger partial charge < -0.3 is 18.8 Å². The summed E-state index contributed by atoms with van der Waals surface area (Å²) in [6.45, 7) is 2.58. The molecule has 7 nitrogen and oxygen atoms in total. The molecule has 1 aromatic heterocycles. The molecule has 3 aromatic carbocycles. The van der Waals surface area contributed by atoms with Crippen LogP contribution < -0.4 is 9.64 Å². The largest absolute Gasteiger partial charge is 0.489 e. The lowest BCUT2D eigenvalue weighted by molar-refractivity contribution is -0.141. The Bertz CT molecular complexity index is 1550. The molecule has 10 heteroatoms. The molecule has 0 aliphatic rings. The number of sulfone groups is 1. The molecule has 1 heterocycles. The lowest BCUT2D eigenvalue weighted by Gasteiger charge is -2.24. The third-order valence-electron chi connectivity index (χ3n) is 6.04. The molecule has 0 atom stereocenters. The number of halogens is 2. The minimum Gasteiger partial charge on any atom is -0.489 e. The van der Waals surface area contributed by atoms with Gasteiger partial charge in [-0.15, -0.1) is 0 Å². The van der Waals surface area contributed by atoms with Crippen LogP contribution in [0.3, 0.4) is 0 Å². The van der Waals surface area contributed by atoms with Gasteiger partial charge >= 0.3 is 5.97 Å². The lowest BCUT2D eigenvalue weighted by Crippen LogP contribution is -2.32. The molecule has 0 bridgehead atoms. The summed E-state index contributed by atoms with van der Waals surface area (Å²) >= 11 is 0. The van der Waals surface area contributed by atoms with Gasteiger partial charge in [0, 0.05) is 24.1 Å². The van der Waals surface area contributed by atoms with E-state index in [1.807, 2.05) is 24.3 Å². The molecule has 0 fully saturated rings. The molecule has 0 radical (unpaired) electrons. The van der Waals surface area contributed by atoms with Crippen molar-refractivity contribution in [1.29, 1.82) is 0 Å². The monoisotopic (exact) mass is 557 g/mol. The van der Waals surface area contributed by atoms with Crippen molar-refractivity contribution in [2.24, 2.45) is 0 Å². The number of benzene rings is 3. The van der Waals surface area contributed by atoms with Crippen molar-refractivity contribution in [3.05, 3.63) is 84.1 Å². The Hall–Kier alpha value is -3.92. The zero-order valence-electron chi connectivity index (χ0n) is 21.7. The van der Waals surface area contributed by atoms with Gasteiger partial charge in [0.05, 0.1) is 24.0 Å². The highest BCUT2D eigenvalue weighted by Crippen LogP contribution is 2.33. The van der Waals surface area contributed by atoms with E-state index in [0.717, 1.165) is 17.3 Å². The van der Waals surface area contributed by atoms with Crippen LogP contribution in [0, 0.1) is 11.6 Å². The van der Waals surface area contributed by atoms with Crippen molar-refractivity contribution < 1.29 is 35.9 Å². The van der Waals surface area contributed by atoms with E-state index in [0.29, 0.717) is 29.8 Å². The van der Waals surface area contributed by atoms with E-state index in [2.05, 4.69) is 0 Å². The first-order valence-electron chi connectivity index (χ1n) is 12.4. The Labute approximate surface area is 225 Å². The number of hydrogen-bond donors (Lipinski definition) is 0. The van der Waals surface area contributed by atoms with Crippen LogP contribution in [0.2, 0.25) is 0 Å². The number of carbonyl (C=O) groups excluding carboxylic acids is 1. The number of nitrogens with zero attached hydrogens (tertiary/aromatic N) is 1. The van der Waals surface area contributed by atoms with Gasteiger partial charge in [0.15, 0.2) is 11.6 Å². The molecular formula is C29H29F2NO6S. The van der Waals surface area contributed by atoms with Gasteiger partial charge in [-0.25, -0.2) is 17.2 Å². The number of rotatable bonds is 12. The highest BCUT2D eigenvalue weighted by atomic mass is 32.2. The highest BCUT2D eigenvalue weighted by Gasteiger charge is 2.17. The van der Waals surface area contributed by atoms with E-state index in [4.69, 9.17) is 13.9 Å². The van der Waals surface area contributed by atoms with E-state index in [-0.39, 0.29) is 36.5 Å². The predicted octanol–water partition coefficient (Wildman–Crippen LogP) is 5.76. The number of fused-ring (bicyclic) bond motifs is 1. The number of hydrogen-bond acceptors (Lipinski definition) is 7. The van der Waals surface area contributed by atoms with Gasteiger partial charge in [0.1, 0.15) is 34.3 Å². The van der Waals surface area contributed by atoms with Crippen molar-refractivity contribution >= 4 is 32.5 Å². The van der Waals surface area contributed by atoms with Gasteiger partial charge in [0.2, 0.25) is 0 Å². The average molecular weight is 558 g/mol. The standard InChI is InChI=1S/C29H29F2NO6S/c1-3-36-27(33)18-32(13-5-15-39(2,34)35)22-7-4-6-20(16-22)19-38-23-10-8-21(9-11-23)25-17-26(30)28(31)24-12-14-37-29(24)25/h4,6-12,14,16-17H,3,5,13,15,18-19H2,1-2H3. The number of esters is 1. The zero-order chi connectivity index (χ0) is 28.0. The second-order valence-electron chi connectivity index (χ2n) is 9.08. The van der Waals surface area contributed by atoms with Crippen molar-refractivity contribution in [2.75, 3.05) is 36.6 Å². The Balaban J connectivity index is 1.45. The van der Waals surface area contributed by atoms with E-state index >= 15 is 0 Å². The maximum absolute atomic E-state index is 14.1.